The lowest BCUT2D eigenvalue weighted by Crippen LogP contribution is -2.25. The van der Waals surface area contributed by atoms with Gasteiger partial charge in [0.05, 0.1) is 0 Å². The fraction of sp³-hybridized carbons (Fsp3) is 0.143. The molecular formula is C14H12N2O3. The summed E-state index contributed by atoms with van der Waals surface area (Å²) in [5.41, 5.74) is -0.105. The topological polar surface area (TPSA) is 75.2 Å². The molecule has 0 saturated heterocycles. The number of hydrogen-bond donors (Lipinski definition) is 1. The molecule has 19 heavy (non-hydrogen) atoms. The molecule has 0 radical (unpaired) electrons. The summed E-state index contributed by atoms with van der Waals surface area (Å²) >= 11 is 0. The number of nitriles is 1. The molecule has 1 N–H and O–H groups in total. The fourth-order valence-corrected chi connectivity index (χ4v) is 1.67. The Morgan fingerprint density at radius 2 is 2.05 bits per heavy atom. The van der Waals surface area contributed by atoms with E-state index in [1.807, 2.05) is 12.1 Å². The van der Waals surface area contributed by atoms with Crippen LogP contribution in [-0.4, -0.2) is 9.67 Å². The van der Waals surface area contributed by atoms with E-state index >= 15 is 0 Å². The Morgan fingerprint density at radius 3 is 2.68 bits per heavy atom. The van der Waals surface area contributed by atoms with Crippen molar-refractivity contribution in [3.63, 3.8) is 0 Å². The minimum Gasteiger partial charge on any atom is -0.494 e. The molecule has 1 heterocycles. The number of aryl methyl sites for hydroxylation is 1. The molecule has 0 aliphatic carbocycles. The Kier molecular flexibility index (Phi) is 3.53. The standard InChI is InChI=1S/C14H12N2O3/c1-10-7-13(17)16(14(18)12(10)8-15)9-19-11-5-3-2-4-6-11/h2-7,17H,9H2,1H3. The normalized spacial score (nSPS) is 9.89. The van der Waals surface area contributed by atoms with Gasteiger partial charge in [0.2, 0.25) is 0 Å². The second kappa shape index (κ2) is 5.27. The minimum atomic E-state index is -0.559. The summed E-state index contributed by atoms with van der Waals surface area (Å²) in [7, 11) is 0. The van der Waals surface area contributed by atoms with E-state index < -0.39 is 5.56 Å². The predicted octanol–water partition coefficient (Wildman–Crippen LogP) is 1.77. The summed E-state index contributed by atoms with van der Waals surface area (Å²) in [6, 6.07) is 12.1. The van der Waals surface area contributed by atoms with Crippen LogP contribution in [-0.2, 0) is 6.73 Å². The summed E-state index contributed by atoms with van der Waals surface area (Å²) < 4.78 is 6.40. The van der Waals surface area contributed by atoms with Crippen LogP contribution in [0.2, 0.25) is 0 Å². The van der Waals surface area contributed by atoms with Gasteiger partial charge in [-0.1, -0.05) is 18.2 Å². The zero-order valence-corrected chi connectivity index (χ0v) is 10.3. The van der Waals surface area contributed by atoms with Crippen molar-refractivity contribution in [1.82, 2.24) is 4.57 Å². The predicted molar refractivity (Wildman–Crippen MR) is 68.9 cm³/mol. The van der Waals surface area contributed by atoms with Crippen molar-refractivity contribution in [3.05, 3.63) is 57.9 Å². The molecule has 2 rings (SSSR count). The first-order chi connectivity index (χ1) is 9.13. The smallest absolute Gasteiger partial charge is 0.274 e. The van der Waals surface area contributed by atoms with Gasteiger partial charge in [-0.05, 0) is 24.6 Å². The molecule has 5 nitrogen and oxygen atoms in total. The van der Waals surface area contributed by atoms with Gasteiger partial charge in [0.15, 0.2) is 12.6 Å². The maximum Gasteiger partial charge on any atom is 0.274 e. The molecule has 0 unspecified atom stereocenters. The molecule has 0 bridgehead atoms. The molecule has 1 aromatic heterocycles. The van der Waals surface area contributed by atoms with E-state index in [4.69, 9.17) is 10.00 Å². The quantitative estimate of drug-likeness (QED) is 0.908. The lowest BCUT2D eigenvalue weighted by molar-refractivity contribution is 0.214. The van der Waals surface area contributed by atoms with Crippen molar-refractivity contribution in [2.75, 3.05) is 0 Å². The lowest BCUT2D eigenvalue weighted by Gasteiger charge is -2.11. The summed E-state index contributed by atoms with van der Waals surface area (Å²) in [6.07, 6.45) is 0. The van der Waals surface area contributed by atoms with Gasteiger partial charge in [-0.15, -0.1) is 0 Å². The molecule has 0 spiro atoms. The van der Waals surface area contributed by atoms with Crippen molar-refractivity contribution in [2.24, 2.45) is 0 Å². The van der Waals surface area contributed by atoms with E-state index in [1.165, 1.54) is 6.07 Å². The van der Waals surface area contributed by atoms with Gasteiger partial charge in [0.1, 0.15) is 17.4 Å². The molecular weight excluding hydrogens is 244 g/mol. The highest BCUT2D eigenvalue weighted by Crippen LogP contribution is 2.14. The third-order valence-corrected chi connectivity index (χ3v) is 2.69. The Bertz CT molecular complexity index is 684. The first-order valence-corrected chi connectivity index (χ1v) is 5.65. The Labute approximate surface area is 109 Å². The average molecular weight is 256 g/mol. The Balaban J connectivity index is 2.32. The van der Waals surface area contributed by atoms with Crippen LogP contribution < -0.4 is 10.3 Å². The third-order valence-electron chi connectivity index (χ3n) is 2.69. The zero-order chi connectivity index (χ0) is 13.8. The van der Waals surface area contributed by atoms with E-state index in [9.17, 15) is 9.90 Å². The van der Waals surface area contributed by atoms with Crippen LogP contribution in [0.4, 0.5) is 0 Å². The maximum absolute atomic E-state index is 12.0. The highest BCUT2D eigenvalue weighted by Gasteiger charge is 2.11. The first kappa shape index (κ1) is 12.7. The van der Waals surface area contributed by atoms with E-state index in [1.54, 1.807) is 31.2 Å². The number of aromatic nitrogens is 1. The van der Waals surface area contributed by atoms with Crippen molar-refractivity contribution >= 4 is 0 Å². The number of pyridine rings is 1. The molecule has 96 valence electrons. The van der Waals surface area contributed by atoms with Gasteiger partial charge in [-0.25, -0.2) is 4.57 Å². The van der Waals surface area contributed by atoms with Gasteiger partial charge in [0, 0.05) is 6.07 Å². The van der Waals surface area contributed by atoms with Gasteiger partial charge in [0.25, 0.3) is 5.56 Å². The first-order valence-electron chi connectivity index (χ1n) is 5.65. The molecule has 1 aromatic carbocycles. The van der Waals surface area contributed by atoms with E-state index in [0.29, 0.717) is 11.3 Å². The van der Waals surface area contributed by atoms with Gasteiger partial charge in [-0.2, -0.15) is 5.26 Å². The van der Waals surface area contributed by atoms with E-state index in [2.05, 4.69) is 0 Å². The van der Waals surface area contributed by atoms with Gasteiger partial charge >= 0.3 is 0 Å². The van der Waals surface area contributed by atoms with Crippen LogP contribution in [0.25, 0.3) is 0 Å². The second-order valence-electron chi connectivity index (χ2n) is 3.99. The monoisotopic (exact) mass is 256 g/mol. The SMILES string of the molecule is Cc1cc(O)n(COc2ccccc2)c(=O)c1C#N. The van der Waals surface area contributed by atoms with Crippen LogP contribution in [0.1, 0.15) is 11.1 Å². The van der Waals surface area contributed by atoms with Gasteiger partial charge < -0.3 is 9.84 Å². The highest BCUT2D eigenvalue weighted by molar-refractivity contribution is 5.37. The van der Waals surface area contributed by atoms with Crippen molar-refractivity contribution in [2.45, 2.75) is 13.7 Å². The van der Waals surface area contributed by atoms with Crippen LogP contribution >= 0.6 is 0 Å². The minimum absolute atomic E-state index is 0.00876. The summed E-state index contributed by atoms with van der Waals surface area (Å²) in [5, 5.41) is 18.7. The van der Waals surface area contributed by atoms with Crippen molar-refractivity contribution < 1.29 is 9.84 Å². The van der Waals surface area contributed by atoms with Gasteiger partial charge in [-0.3, -0.25) is 4.79 Å². The summed E-state index contributed by atoms with van der Waals surface area (Å²) in [4.78, 5) is 12.0. The molecule has 0 saturated carbocycles. The highest BCUT2D eigenvalue weighted by atomic mass is 16.5. The number of para-hydroxylation sites is 1. The number of hydrogen-bond acceptors (Lipinski definition) is 4. The average Bonchev–Trinajstić information content (AvgIpc) is 2.39. The molecule has 5 heteroatoms. The molecule has 2 aromatic rings. The molecule has 0 aliphatic heterocycles. The fourth-order valence-electron chi connectivity index (χ4n) is 1.67. The number of benzene rings is 1. The molecule has 0 aliphatic rings. The van der Waals surface area contributed by atoms with Crippen molar-refractivity contribution in [3.8, 4) is 17.7 Å². The lowest BCUT2D eigenvalue weighted by atomic mass is 10.2. The van der Waals surface area contributed by atoms with E-state index in [-0.39, 0.29) is 18.2 Å². The van der Waals surface area contributed by atoms with Crippen LogP contribution in [0.15, 0.2) is 41.2 Å². The van der Waals surface area contributed by atoms with Crippen LogP contribution in [0.5, 0.6) is 11.6 Å². The summed E-state index contributed by atoms with van der Waals surface area (Å²) in [6.45, 7) is 1.45. The third kappa shape index (κ3) is 2.58. The van der Waals surface area contributed by atoms with Crippen LogP contribution in [0, 0.1) is 18.3 Å². The zero-order valence-electron chi connectivity index (χ0n) is 10.3. The number of nitrogens with zero attached hydrogens (tertiary/aromatic N) is 2. The largest absolute Gasteiger partial charge is 0.494 e. The van der Waals surface area contributed by atoms with Crippen molar-refractivity contribution in [1.29, 1.82) is 5.26 Å². The number of ether oxygens (including phenoxy) is 1. The summed E-state index contributed by atoms with van der Waals surface area (Å²) in [5.74, 6) is 0.352. The molecule has 0 amide bonds. The second-order valence-corrected chi connectivity index (χ2v) is 3.99. The number of aromatic hydroxyl groups is 1. The van der Waals surface area contributed by atoms with Crippen LogP contribution in [0.3, 0.4) is 0 Å². The molecule has 0 fully saturated rings. The molecule has 0 atom stereocenters. The Morgan fingerprint density at radius 1 is 1.37 bits per heavy atom. The van der Waals surface area contributed by atoms with E-state index in [0.717, 1.165) is 4.57 Å². The Hall–Kier alpha value is -2.74. The maximum atomic E-state index is 12.0. The number of rotatable bonds is 3.